The largest absolute Gasteiger partial charge is 0.310 e. The highest BCUT2D eigenvalue weighted by molar-refractivity contribution is 6.31. The molecule has 0 bridgehead atoms. The Balaban J connectivity index is 2.47. The Morgan fingerprint density at radius 1 is 1.50 bits per heavy atom. The monoisotopic (exact) mass is 215 g/mol. The van der Waals surface area contributed by atoms with Crippen LogP contribution in [0, 0.1) is 6.92 Å². The highest BCUT2D eigenvalue weighted by Gasteiger charge is 1.99. The first kappa shape index (κ1) is 11.5. The van der Waals surface area contributed by atoms with Crippen molar-refractivity contribution in [3.8, 4) is 0 Å². The first-order valence-electron chi connectivity index (χ1n) is 4.69. The molecule has 0 radical (unpaired) electrons. The van der Waals surface area contributed by atoms with E-state index in [0.29, 0.717) is 13.1 Å². The van der Waals surface area contributed by atoms with Gasteiger partial charge in [0.25, 0.3) is 0 Å². The summed E-state index contributed by atoms with van der Waals surface area (Å²) in [5.74, 6) is 0. The molecule has 0 saturated carbocycles. The van der Waals surface area contributed by atoms with Crippen LogP contribution < -0.4 is 5.32 Å². The van der Waals surface area contributed by atoms with E-state index in [1.54, 1.807) is 6.92 Å². The molecule has 0 aliphatic heterocycles. The van der Waals surface area contributed by atoms with Crippen LogP contribution in [-0.4, -0.2) is 12.7 Å². The van der Waals surface area contributed by atoms with E-state index < -0.39 is 6.17 Å². The Morgan fingerprint density at radius 2 is 2.21 bits per heavy atom. The van der Waals surface area contributed by atoms with Crippen LogP contribution in [0.1, 0.15) is 18.1 Å². The molecule has 0 aliphatic carbocycles. The molecule has 1 atom stereocenters. The number of hydrogen-bond acceptors (Lipinski definition) is 1. The molecule has 1 unspecified atom stereocenters. The second-order valence-electron chi connectivity index (χ2n) is 3.50. The van der Waals surface area contributed by atoms with Gasteiger partial charge in [0, 0.05) is 18.1 Å². The number of aryl methyl sites for hydroxylation is 1. The van der Waals surface area contributed by atoms with E-state index in [-0.39, 0.29) is 0 Å². The summed E-state index contributed by atoms with van der Waals surface area (Å²) in [5.41, 5.74) is 2.19. The minimum Gasteiger partial charge on any atom is -0.310 e. The van der Waals surface area contributed by atoms with Crippen molar-refractivity contribution < 1.29 is 4.39 Å². The standard InChI is InChI=1S/C11H15ClFN/c1-8-5-10(3-4-11(8)12)7-14-6-9(2)13/h3-5,9,14H,6-7H2,1-2H3. The number of rotatable bonds is 4. The van der Waals surface area contributed by atoms with E-state index in [1.165, 1.54) is 0 Å². The molecule has 1 rings (SSSR count). The average molecular weight is 216 g/mol. The number of nitrogens with one attached hydrogen (secondary N) is 1. The van der Waals surface area contributed by atoms with Gasteiger partial charge in [-0.05, 0) is 31.0 Å². The average Bonchev–Trinajstić information content (AvgIpc) is 2.10. The molecule has 0 amide bonds. The molecule has 1 aromatic rings. The first-order chi connectivity index (χ1) is 6.59. The predicted octanol–water partition coefficient (Wildman–Crippen LogP) is 3.10. The van der Waals surface area contributed by atoms with Gasteiger partial charge in [0.2, 0.25) is 0 Å². The normalized spacial score (nSPS) is 12.9. The van der Waals surface area contributed by atoms with Gasteiger partial charge in [-0.3, -0.25) is 0 Å². The van der Waals surface area contributed by atoms with Gasteiger partial charge in [-0.25, -0.2) is 4.39 Å². The maximum atomic E-state index is 12.5. The van der Waals surface area contributed by atoms with Crippen molar-refractivity contribution in [2.45, 2.75) is 26.6 Å². The third-order valence-corrected chi connectivity index (χ3v) is 2.40. The van der Waals surface area contributed by atoms with Gasteiger partial charge >= 0.3 is 0 Å². The van der Waals surface area contributed by atoms with Crippen LogP contribution >= 0.6 is 11.6 Å². The fourth-order valence-corrected chi connectivity index (χ4v) is 1.35. The van der Waals surface area contributed by atoms with E-state index in [0.717, 1.165) is 16.1 Å². The Morgan fingerprint density at radius 3 is 2.79 bits per heavy atom. The highest BCUT2D eigenvalue weighted by atomic mass is 35.5. The SMILES string of the molecule is Cc1cc(CNCC(C)F)ccc1Cl. The van der Waals surface area contributed by atoms with Gasteiger partial charge in [0.1, 0.15) is 6.17 Å². The van der Waals surface area contributed by atoms with Gasteiger partial charge in [-0.1, -0.05) is 23.7 Å². The molecule has 0 fully saturated rings. The van der Waals surface area contributed by atoms with Crippen LogP contribution in [-0.2, 0) is 6.54 Å². The fraction of sp³-hybridized carbons (Fsp3) is 0.455. The Labute approximate surface area is 89.3 Å². The maximum absolute atomic E-state index is 12.5. The number of benzene rings is 1. The summed E-state index contributed by atoms with van der Waals surface area (Å²) in [5, 5.41) is 3.80. The van der Waals surface area contributed by atoms with Crippen LogP contribution in [0.3, 0.4) is 0 Å². The molecule has 0 heterocycles. The van der Waals surface area contributed by atoms with Crippen LogP contribution in [0.2, 0.25) is 5.02 Å². The number of halogens is 2. The predicted molar refractivity (Wildman–Crippen MR) is 58.5 cm³/mol. The molecule has 0 saturated heterocycles. The van der Waals surface area contributed by atoms with Gasteiger partial charge in [-0.15, -0.1) is 0 Å². The van der Waals surface area contributed by atoms with E-state index in [1.807, 2.05) is 25.1 Å². The molecule has 0 aromatic heterocycles. The molecule has 3 heteroatoms. The highest BCUT2D eigenvalue weighted by Crippen LogP contribution is 2.15. The Bertz CT molecular complexity index is 299. The zero-order valence-electron chi connectivity index (χ0n) is 8.48. The summed E-state index contributed by atoms with van der Waals surface area (Å²) in [6.07, 6.45) is -0.802. The van der Waals surface area contributed by atoms with Crippen molar-refractivity contribution in [3.05, 3.63) is 34.3 Å². The molecule has 78 valence electrons. The Hall–Kier alpha value is -0.600. The number of hydrogen-bond donors (Lipinski definition) is 1. The first-order valence-corrected chi connectivity index (χ1v) is 5.07. The zero-order chi connectivity index (χ0) is 10.6. The van der Waals surface area contributed by atoms with Crippen LogP contribution in [0.15, 0.2) is 18.2 Å². The van der Waals surface area contributed by atoms with Gasteiger partial charge in [0.15, 0.2) is 0 Å². The lowest BCUT2D eigenvalue weighted by atomic mass is 10.1. The minimum atomic E-state index is -0.802. The topological polar surface area (TPSA) is 12.0 Å². The van der Waals surface area contributed by atoms with E-state index in [2.05, 4.69) is 5.32 Å². The molecule has 14 heavy (non-hydrogen) atoms. The zero-order valence-corrected chi connectivity index (χ0v) is 9.24. The summed E-state index contributed by atoms with van der Waals surface area (Å²) >= 11 is 5.88. The van der Waals surface area contributed by atoms with Crippen molar-refractivity contribution in [1.29, 1.82) is 0 Å². The van der Waals surface area contributed by atoms with Crippen molar-refractivity contribution in [2.24, 2.45) is 0 Å². The summed E-state index contributed by atoms with van der Waals surface area (Å²) < 4.78 is 12.5. The third-order valence-electron chi connectivity index (χ3n) is 1.98. The summed E-state index contributed by atoms with van der Waals surface area (Å²) in [6, 6.07) is 5.83. The maximum Gasteiger partial charge on any atom is 0.110 e. The van der Waals surface area contributed by atoms with Gasteiger partial charge in [0.05, 0.1) is 0 Å². The van der Waals surface area contributed by atoms with Crippen LogP contribution in [0.5, 0.6) is 0 Å². The molecule has 1 N–H and O–H groups in total. The van der Waals surface area contributed by atoms with Crippen molar-refractivity contribution in [3.63, 3.8) is 0 Å². The Kier molecular flexibility index (Phi) is 4.36. The summed E-state index contributed by atoms with van der Waals surface area (Å²) in [6.45, 7) is 4.58. The van der Waals surface area contributed by atoms with Gasteiger partial charge in [-0.2, -0.15) is 0 Å². The molecular formula is C11H15ClFN. The quantitative estimate of drug-likeness (QED) is 0.814. The molecular weight excluding hydrogens is 201 g/mol. The van der Waals surface area contributed by atoms with Crippen molar-refractivity contribution in [1.82, 2.24) is 5.32 Å². The fourth-order valence-electron chi connectivity index (χ4n) is 1.23. The molecule has 1 aromatic carbocycles. The lowest BCUT2D eigenvalue weighted by Gasteiger charge is -2.06. The lowest BCUT2D eigenvalue weighted by molar-refractivity contribution is 0.344. The van der Waals surface area contributed by atoms with E-state index in [9.17, 15) is 4.39 Å². The van der Waals surface area contributed by atoms with Crippen molar-refractivity contribution in [2.75, 3.05) is 6.54 Å². The summed E-state index contributed by atoms with van der Waals surface area (Å²) in [7, 11) is 0. The van der Waals surface area contributed by atoms with Crippen LogP contribution in [0.25, 0.3) is 0 Å². The molecule has 0 spiro atoms. The molecule has 1 nitrogen and oxygen atoms in total. The lowest BCUT2D eigenvalue weighted by Crippen LogP contribution is -2.21. The van der Waals surface area contributed by atoms with Crippen molar-refractivity contribution >= 4 is 11.6 Å². The second-order valence-corrected chi connectivity index (χ2v) is 3.90. The van der Waals surface area contributed by atoms with E-state index >= 15 is 0 Å². The smallest absolute Gasteiger partial charge is 0.110 e. The number of alkyl halides is 1. The third kappa shape index (κ3) is 3.64. The second kappa shape index (κ2) is 5.32. The van der Waals surface area contributed by atoms with Crippen LogP contribution in [0.4, 0.5) is 4.39 Å². The van der Waals surface area contributed by atoms with Gasteiger partial charge < -0.3 is 5.32 Å². The van der Waals surface area contributed by atoms with E-state index in [4.69, 9.17) is 11.6 Å². The minimum absolute atomic E-state index is 0.391. The molecule has 0 aliphatic rings. The summed E-state index contributed by atoms with van der Waals surface area (Å²) in [4.78, 5) is 0.